The predicted molar refractivity (Wildman–Crippen MR) is 84.0 cm³/mol. The van der Waals surface area contributed by atoms with Crippen LogP contribution in [0.2, 0.25) is 0 Å². The van der Waals surface area contributed by atoms with Crippen LogP contribution in [0.5, 0.6) is 0 Å². The van der Waals surface area contributed by atoms with Crippen LogP contribution >= 0.6 is 0 Å². The molecule has 0 fully saturated rings. The largest absolute Gasteiger partial charge is 0.468 e. The van der Waals surface area contributed by atoms with Crippen LogP contribution in [0.4, 0.5) is 0 Å². The molecule has 0 aliphatic carbocycles. The smallest absolute Gasteiger partial charge is 0.306 e. The van der Waals surface area contributed by atoms with Gasteiger partial charge in [-0.25, -0.2) is 0 Å². The fraction of sp³-hybridized carbons (Fsp3) is 0.800. The van der Waals surface area contributed by atoms with E-state index >= 15 is 0 Å². The molecule has 0 aromatic carbocycles. The lowest BCUT2D eigenvalue weighted by Gasteiger charge is -2.24. The average molecular weight is 314 g/mol. The maximum Gasteiger partial charge on any atom is 0.306 e. The first-order valence-electron chi connectivity index (χ1n) is 7.99. The van der Waals surface area contributed by atoms with E-state index in [2.05, 4.69) is 0 Å². The van der Waals surface area contributed by atoms with E-state index in [9.17, 15) is 14.4 Å². The Kier molecular flexibility index (Phi) is 11.2. The molecule has 0 saturated carbocycles. The van der Waals surface area contributed by atoms with Gasteiger partial charge in [0, 0.05) is 19.3 Å². The van der Waals surface area contributed by atoms with E-state index in [1.54, 1.807) is 7.85 Å². The Labute approximate surface area is 133 Å². The molecule has 0 saturated heterocycles. The molecule has 0 spiro atoms. The summed E-state index contributed by atoms with van der Waals surface area (Å²) >= 11 is 0. The first-order chi connectivity index (χ1) is 10.4. The molecule has 2 unspecified atom stereocenters. The minimum Gasteiger partial charge on any atom is -0.468 e. The van der Waals surface area contributed by atoms with Gasteiger partial charge in [0.05, 0.1) is 0 Å². The van der Waals surface area contributed by atoms with Crippen molar-refractivity contribution in [3.8, 4) is 0 Å². The Morgan fingerprint density at radius 1 is 0.818 bits per heavy atom. The Bertz CT molecular complexity index is 358. The maximum absolute atomic E-state index is 11.6. The second-order valence-electron chi connectivity index (χ2n) is 5.16. The molecule has 0 aliphatic rings. The van der Waals surface area contributed by atoms with E-state index in [1.165, 1.54) is 0 Å². The highest BCUT2D eigenvalue weighted by Crippen LogP contribution is 2.08. The Balaban J connectivity index is 4.58. The van der Waals surface area contributed by atoms with Gasteiger partial charge in [0.2, 0.25) is 0 Å². The van der Waals surface area contributed by atoms with Crippen LogP contribution in [0.3, 0.4) is 0 Å². The minimum absolute atomic E-state index is 0.102. The van der Waals surface area contributed by atoms with Gasteiger partial charge in [0.15, 0.2) is 14.0 Å². The standard InChI is InChI=1S/C15H27BO6/c1-4-7-12(17)20-10-11(21-13(18)8-5-2)15(16)22-14(19)9-6-3/h11,15H,4-10,16H2,1-3H3. The zero-order chi connectivity index (χ0) is 17.0. The molecule has 0 rings (SSSR count). The molecule has 0 aromatic rings. The van der Waals surface area contributed by atoms with Gasteiger partial charge in [0.1, 0.15) is 12.6 Å². The van der Waals surface area contributed by atoms with Crippen LogP contribution in [0, 0.1) is 0 Å². The van der Waals surface area contributed by atoms with E-state index < -0.39 is 18.1 Å². The molecule has 0 bridgehead atoms. The van der Waals surface area contributed by atoms with Gasteiger partial charge in [-0.3, -0.25) is 14.4 Å². The predicted octanol–water partition coefficient (Wildman–Crippen LogP) is 1.34. The van der Waals surface area contributed by atoms with Crippen molar-refractivity contribution in [3.05, 3.63) is 0 Å². The second-order valence-corrected chi connectivity index (χ2v) is 5.16. The zero-order valence-electron chi connectivity index (χ0n) is 14.1. The van der Waals surface area contributed by atoms with Crippen molar-refractivity contribution in [3.63, 3.8) is 0 Å². The number of carbonyl (C=O) groups is 3. The van der Waals surface area contributed by atoms with Gasteiger partial charge in [-0.15, -0.1) is 0 Å². The van der Waals surface area contributed by atoms with Gasteiger partial charge in [-0.2, -0.15) is 0 Å². The van der Waals surface area contributed by atoms with Crippen molar-refractivity contribution in [2.45, 2.75) is 71.4 Å². The lowest BCUT2D eigenvalue weighted by atomic mass is 9.94. The van der Waals surface area contributed by atoms with Crippen molar-refractivity contribution in [1.29, 1.82) is 0 Å². The van der Waals surface area contributed by atoms with Gasteiger partial charge < -0.3 is 14.2 Å². The van der Waals surface area contributed by atoms with Gasteiger partial charge in [0.25, 0.3) is 0 Å². The molecule has 0 aromatic heterocycles. The SMILES string of the molecule is BC(OC(=O)CCC)C(COC(=O)CCC)OC(=O)CCC. The van der Waals surface area contributed by atoms with Crippen LogP contribution in [0.1, 0.15) is 59.3 Å². The van der Waals surface area contributed by atoms with Crippen molar-refractivity contribution in [2.24, 2.45) is 0 Å². The molecule has 0 heterocycles. The molecule has 22 heavy (non-hydrogen) atoms. The lowest BCUT2D eigenvalue weighted by molar-refractivity contribution is -0.169. The summed E-state index contributed by atoms with van der Waals surface area (Å²) in [6.45, 7) is 5.50. The molecule has 0 aliphatic heterocycles. The van der Waals surface area contributed by atoms with Gasteiger partial charge >= 0.3 is 17.9 Å². The molecule has 7 heteroatoms. The third-order valence-corrected chi connectivity index (χ3v) is 2.89. The van der Waals surface area contributed by atoms with Crippen molar-refractivity contribution in [2.75, 3.05) is 6.61 Å². The van der Waals surface area contributed by atoms with Crippen LogP contribution in [0.15, 0.2) is 0 Å². The summed E-state index contributed by atoms with van der Waals surface area (Å²) in [5, 5.41) is 0. The van der Waals surface area contributed by atoms with Gasteiger partial charge in [-0.05, 0) is 19.3 Å². The summed E-state index contributed by atoms with van der Waals surface area (Å²) in [5.41, 5.74) is 0. The summed E-state index contributed by atoms with van der Waals surface area (Å²) in [6.07, 6.45) is 2.12. The molecular formula is C15H27BO6. The van der Waals surface area contributed by atoms with Crippen LogP contribution in [0.25, 0.3) is 0 Å². The number of ether oxygens (including phenoxy) is 3. The average Bonchev–Trinajstić information content (AvgIpc) is 2.44. The highest BCUT2D eigenvalue weighted by Gasteiger charge is 2.26. The van der Waals surface area contributed by atoms with Crippen molar-refractivity contribution in [1.82, 2.24) is 0 Å². The molecular weight excluding hydrogens is 287 g/mol. The molecule has 0 radical (unpaired) electrons. The highest BCUT2D eigenvalue weighted by atomic mass is 16.6. The normalized spacial score (nSPS) is 13.0. The Hall–Kier alpha value is -1.53. The lowest BCUT2D eigenvalue weighted by Crippen LogP contribution is -2.39. The maximum atomic E-state index is 11.6. The molecule has 126 valence electrons. The minimum atomic E-state index is -0.777. The van der Waals surface area contributed by atoms with Crippen LogP contribution in [-0.4, -0.2) is 44.5 Å². The van der Waals surface area contributed by atoms with Crippen molar-refractivity contribution < 1.29 is 28.6 Å². The molecule has 2 atom stereocenters. The van der Waals surface area contributed by atoms with E-state index in [-0.39, 0.29) is 25.0 Å². The number of esters is 3. The first kappa shape index (κ1) is 20.5. The fourth-order valence-corrected chi connectivity index (χ4v) is 1.69. The quantitative estimate of drug-likeness (QED) is 0.325. The summed E-state index contributed by atoms with van der Waals surface area (Å²) in [4.78, 5) is 34.6. The summed E-state index contributed by atoms with van der Waals surface area (Å²) in [7, 11) is 1.63. The fourth-order valence-electron chi connectivity index (χ4n) is 1.69. The third kappa shape index (κ3) is 9.42. The van der Waals surface area contributed by atoms with Gasteiger partial charge in [-0.1, -0.05) is 20.8 Å². The van der Waals surface area contributed by atoms with E-state index in [4.69, 9.17) is 14.2 Å². The second kappa shape index (κ2) is 12.1. The van der Waals surface area contributed by atoms with Crippen molar-refractivity contribution >= 4 is 25.8 Å². The number of carbonyl (C=O) groups excluding carboxylic acids is 3. The molecule has 0 N–H and O–H groups in total. The number of rotatable bonds is 11. The third-order valence-electron chi connectivity index (χ3n) is 2.89. The van der Waals surface area contributed by atoms with E-state index in [1.807, 2.05) is 20.8 Å². The molecule has 6 nitrogen and oxygen atoms in total. The number of hydrogen-bond donors (Lipinski definition) is 0. The summed E-state index contributed by atoms with van der Waals surface area (Å²) < 4.78 is 15.6. The Morgan fingerprint density at radius 3 is 1.77 bits per heavy atom. The summed E-state index contributed by atoms with van der Waals surface area (Å²) in [5.74, 6) is -1.10. The summed E-state index contributed by atoms with van der Waals surface area (Å²) in [6, 6.07) is -0.658. The topological polar surface area (TPSA) is 78.9 Å². The monoisotopic (exact) mass is 314 g/mol. The number of hydrogen-bond acceptors (Lipinski definition) is 6. The zero-order valence-corrected chi connectivity index (χ0v) is 14.1. The van der Waals surface area contributed by atoms with E-state index in [0.717, 1.165) is 0 Å². The Morgan fingerprint density at radius 2 is 1.27 bits per heavy atom. The molecule has 0 amide bonds. The first-order valence-corrected chi connectivity index (χ1v) is 7.99. The van der Waals surface area contributed by atoms with Crippen LogP contribution in [-0.2, 0) is 28.6 Å². The van der Waals surface area contributed by atoms with E-state index in [0.29, 0.717) is 32.1 Å². The highest BCUT2D eigenvalue weighted by molar-refractivity contribution is 6.12. The van der Waals surface area contributed by atoms with Crippen LogP contribution < -0.4 is 0 Å².